The Morgan fingerprint density at radius 3 is 2.94 bits per heavy atom. The second kappa shape index (κ2) is 6.88. The number of rotatable bonds is 3. The maximum Gasteiger partial charge on any atom is 0.251 e. The monoisotopic (exact) mass is 432 g/mol. The molecule has 1 amide bonds. The van der Waals surface area contributed by atoms with Gasteiger partial charge in [-0.25, -0.2) is 0 Å². The highest BCUT2D eigenvalue weighted by atomic mass is 16.5. The van der Waals surface area contributed by atoms with Crippen LogP contribution >= 0.6 is 0 Å². The maximum atomic E-state index is 13.3. The molecule has 5 heteroatoms. The number of hydrogen-bond donors (Lipinski definition) is 2. The van der Waals surface area contributed by atoms with E-state index in [1.165, 1.54) is 22.5 Å². The van der Waals surface area contributed by atoms with Gasteiger partial charge in [0.05, 0.1) is 43.2 Å². The van der Waals surface area contributed by atoms with Gasteiger partial charge >= 0.3 is 0 Å². The Labute approximate surface area is 190 Å². The van der Waals surface area contributed by atoms with Crippen LogP contribution < -0.4 is 10.2 Å². The molecule has 2 bridgehead atoms. The number of aromatic nitrogens is 1. The van der Waals surface area contributed by atoms with Gasteiger partial charge < -0.3 is 15.0 Å². The van der Waals surface area contributed by atoms with Gasteiger partial charge in [-0.15, -0.1) is 0 Å². The lowest BCUT2D eigenvalue weighted by Crippen LogP contribution is -3.10. The van der Waals surface area contributed by atoms with Crippen LogP contribution in [0.3, 0.4) is 0 Å². The first kappa shape index (κ1) is 20.4. The zero-order valence-electron chi connectivity index (χ0n) is 19.4. The molecule has 1 saturated carbocycles. The summed E-state index contributed by atoms with van der Waals surface area (Å²) in [7, 11) is 4.56. The summed E-state index contributed by atoms with van der Waals surface area (Å²) < 4.78 is 7.26. The third kappa shape index (κ3) is 2.70. The van der Waals surface area contributed by atoms with Crippen LogP contribution in [-0.4, -0.2) is 42.2 Å². The SMILES string of the molecule is C[NH+](C)C1CCC2=CC3=CCC4(C)C(C(=O)Nc5cccnc5)=CC[C@H]4[C@@]34CC[C@]2(C1)O4. The van der Waals surface area contributed by atoms with Crippen molar-refractivity contribution in [3.8, 4) is 0 Å². The highest BCUT2D eigenvalue weighted by Crippen LogP contribution is 2.66. The molecule has 5 aliphatic rings. The first-order valence-corrected chi connectivity index (χ1v) is 12.2. The molecule has 0 radical (unpaired) electrons. The Hall–Kier alpha value is -2.24. The lowest BCUT2D eigenvalue weighted by molar-refractivity contribution is -0.887. The molecular weight excluding hydrogens is 398 g/mol. The Balaban J connectivity index is 1.32. The van der Waals surface area contributed by atoms with Gasteiger partial charge in [0.15, 0.2) is 0 Å². The van der Waals surface area contributed by atoms with E-state index in [0.717, 1.165) is 49.8 Å². The van der Waals surface area contributed by atoms with Crippen molar-refractivity contribution in [2.24, 2.45) is 11.3 Å². The van der Waals surface area contributed by atoms with E-state index in [1.54, 1.807) is 12.4 Å². The summed E-state index contributed by atoms with van der Waals surface area (Å²) in [4.78, 5) is 19.0. The number of fused-ring (bicyclic) bond motifs is 1. The number of nitrogens with zero attached hydrogens (tertiary/aromatic N) is 1. The number of carbonyl (C=O) groups is 1. The van der Waals surface area contributed by atoms with E-state index in [-0.39, 0.29) is 22.5 Å². The van der Waals surface area contributed by atoms with Crippen molar-refractivity contribution in [2.75, 3.05) is 19.4 Å². The lowest BCUT2D eigenvalue weighted by Gasteiger charge is -2.53. The summed E-state index contributed by atoms with van der Waals surface area (Å²) in [6.07, 6.45) is 18.0. The van der Waals surface area contributed by atoms with Crippen LogP contribution in [0, 0.1) is 11.3 Å². The quantitative estimate of drug-likeness (QED) is 0.771. The van der Waals surface area contributed by atoms with E-state index in [0.29, 0.717) is 12.0 Å². The summed E-state index contributed by atoms with van der Waals surface area (Å²) in [5.41, 5.74) is 4.04. The second-order valence-corrected chi connectivity index (χ2v) is 11.1. The molecule has 3 heterocycles. The van der Waals surface area contributed by atoms with Crippen LogP contribution in [0.15, 0.2) is 59.5 Å². The molecule has 1 saturated heterocycles. The van der Waals surface area contributed by atoms with E-state index in [4.69, 9.17) is 4.74 Å². The van der Waals surface area contributed by atoms with Crippen LogP contribution in [0.25, 0.3) is 0 Å². The first-order valence-electron chi connectivity index (χ1n) is 12.2. The third-order valence-electron chi connectivity index (χ3n) is 9.25. The minimum atomic E-state index is -0.243. The fourth-order valence-electron chi connectivity index (χ4n) is 7.47. The predicted molar refractivity (Wildman–Crippen MR) is 124 cm³/mol. The van der Waals surface area contributed by atoms with Crippen molar-refractivity contribution < 1.29 is 14.4 Å². The number of pyridine rings is 1. The molecule has 3 aliphatic carbocycles. The zero-order chi connectivity index (χ0) is 22.1. The van der Waals surface area contributed by atoms with Gasteiger partial charge in [0.25, 0.3) is 5.91 Å². The molecule has 0 aromatic carbocycles. The number of quaternary nitrogens is 1. The zero-order valence-corrected chi connectivity index (χ0v) is 19.4. The molecular formula is C27H34N3O2+. The van der Waals surface area contributed by atoms with E-state index in [1.807, 2.05) is 12.1 Å². The van der Waals surface area contributed by atoms with Gasteiger partial charge in [0.1, 0.15) is 0 Å². The Bertz CT molecular complexity index is 1060. The van der Waals surface area contributed by atoms with Gasteiger partial charge in [-0.1, -0.05) is 25.2 Å². The smallest absolute Gasteiger partial charge is 0.251 e. The van der Waals surface area contributed by atoms with Crippen molar-refractivity contribution in [2.45, 2.75) is 69.1 Å². The van der Waals surface area contributed by atoms with Gasteiger partial charge in [-0.2, -0.15) is 0 Å². The minimum absolute atomic E-state index is 0.00457. The van der Waals surface area contributed by atoms with Gasteiger partial charge in [-0.05, 0) is 55.4 Å². The van der Waals surface area contributed by atoms with Crippen molar-refractivity contribution >= 4 is 11.6 Å². The average Bonchev–Trinajstić information content (AvgIpc) is 3.29. The Kier molecular flexibility index (Phi) is 4.38. The van der Waals surface area contributed by atoms with Gasteiger partial charge in [0.2, 0.25) is 0 Å². The molecule has 2 spiro atoms. The highest BCUT2D eigenvalue weighted by Gasteiger charge is 2.66. The topological polar surface area (TPSA) is 55.7 Å². The number of ether oxygens (including phenoxy) is 1. The van der Waals surface area contributed by atoms with Gasteiger partial charge in [0, 0.05) is 35.9 Å². The Morgan fingerprint density at radius 1 is 1.28 bits per heavy atom. The third-order valence-corrected chi connectivity index (χ3v) is 9.25. The van der Waals surface area contributed by atoms with E-state index < -0.39 is 0 Å². The minimum Gasteiger partial charge on any atom is -0.359 e. The van der Waals surface area contributed by atoms with Crippen LogP contribution in [-0.2, 0) is 9.53 Å². The Morgan fingerprint density at radius 2 is 2.16 bits per heavy atom. The van der Waals surface area contributed by atoms with Crippen molar-refractivity contribution in [1.82, 2.24) is 4.98 Å². The molecule has 168 valence electrons. The number of anilines is 1. The second-order valence-electron chi connectivity index (χ2n) is 11.1. The van der Waals surface area contributed by atoms with Crippen molar-refractivity contribution in [3.05, 3.63) is 59.5 Å². The average molecular weight is 433 g/mol. The van der Waals surface area contributed by atoms with Gasteiger partial charge in [-0.3, -0.25) is 9.78 Å². The summed E-state index contributed by atoms with van der Waals surface area (Å²) in [6, 6.07) is 4.40. The number of nitrogens with one attached hydrogen (secondary N) is 2. The number of allylic oxidation sites excluding steroid dienone is 2. The molecule has 2 aliphatic heterocycles. The summed E-state index contributed by atoms with van der Waals surface area (Å²) in [6.45, 7) is 2.28. The lowest BCUT2D eigenvalue weighted by atomic mass is 9.59. The molecule has 1 aromatic heterocycles. The normalized spacial score (nSPS) is 39.4. The summed E-state index contributed by atoms with van der Waals surface area (Å²) >= 11 is 0. The standard InChI is InChI=1S/C27H33N3O2/c1-25-11-10-19-15-18-6-7-21(30(2)3)16-26(18)12-13-27(19,32-26)23(25)9-8-22(25)24(31)29-20-5-4-14-28-17-20/h4-5,8,10,14-15,17,21,23H,6-7,9,11-13,16H2,1-3H3,(H,29,31)/p+1/t21?,23-,25?,26-,27-/m1/s1. The molecule has 6 rings (SSSR count). The molecule has 5 nitrogen and oxygen atoms in total. The molecule has 2 fully saturated rings. The number of carbonyl (C=O) groups excluding carboxylic acids is 1. The van der Waals surface area contributed by atoms with E-state index in [2.05, 4.69) is 49.5 Å². The van der Waals surface area contributed by atoms with Crippen LogP contribution in [0.1, 0.15) is 51.9 Å². The fraction of sp³-hybridized carbons (Fsp3) is 0.556. The fourth-order valence-corrected chi connectivity index (χ4v) is 7.47. The van der Waals surface area contributed by atoms with Crippen LogP contribution in [0.2, 0.25) is 0 Å². The maximum absolute atomic E-state index is 13.3. The van der Waals surface area contributed by atoms with Crippen molar-refractivity contribution in [1.29, 1.82) is 0 Å². The van der Waals surface area contributed by atoms with Crippen LogP contribution in [0.5, 0.6) is 0 Å². The molecule has 2 unspecified atom stereocenters. The van der Waals surface area contributed by atoms with Crippen LogP contribution in [0.4, 0.5) is 5.69 Å². The first-order chi connectivity index (χ1) is 15.4. The van der Waals surface area contributed by atoms with Crippen molar-refractivity contribution in [3.63, 3.8) is 0 Å². The largest absolute Gasteiger partial charge is 0.359 e. The summed E-state index contributed by atoms with van der Waals surface area (Å²) in [5, 5.41) is 3.07. The molecule has 5 atom stereocenters. The van der Waals surface area contributed by atoms with E-state index in [9.17, 15) is 4.79 Å². The number of hydrogen-bond acceptors (Lipinski definition) is 3. The highest BCUT2D eigenvalue weighted by molar-refractivity contribution is 6.05. The molecule has 1 aromatic rings. The summed E-state index contributed by atoms with van der Waals surface area (Å²) in [5.74, 6) is 0.318. The number of amides is 1. The molecule has 32 heavy (non-hydrogen) atoms. The predicted octanol–water partition coefficient (Wildman–Crippen LogP) is 3.23. The molecule has 2 N–H and O–H groups in total. The van der Waals surface area contributed by atoms with E-state index >= 15 is 0 Å².